The van der Waals surface area contributed by atoms with Crippen molar-refractivity contribution in [1.29, 1.82) is 0 Å². The topological polar surface area (TPSA) is 14.2 Å². The van der Waals surface area contributed by atoms with Crippen LogP contribution < -0.4 is 4.74 Å². The highest BCUT2D eigenvalue weighted by atomic mass is 16.5. The van der Waals surface area contributed by atoms with E-state index < -0.39 is 0 Å². The zero-order chi connectivity index (χ0) is 10.3. The molecule has 0 N–H and O–H groups in total. The normalized spacial score (nSPS) is 15.3. The maximum Gasteiger partial charge on any atom is 0.128 e. The van der Waals surface area contributed by atoms with Crippen molar-refractivity contribution in [3.8, 4) is 5.75 Å². The van der Waals surface area contributed by atoms with Crippen LogP contribution in [-0.4, -0.2) is 11.7 Å². The Hall–Kier alpha value is -1.44. The third-order valence-electron chi connectivity index (χ3n) is 3.28. The number of ether oxygens (including phenoxy) is 1. The van der Waals surface area contributed by atoms with Crippen molar-refractivity contribution in [2.75, 3.05) is 7.11 Å². The zero-order valence-corrected chi connectivity index (χ0v) is 8.99. The van der Waals surface area contributed by atoms with Crippen molar-refractivity contribution in [2.24, 2.45) is 0 Å². The highest BCUT2D eigenvalue weighted by Crippen LogP contribution is 2.31. The van der Waals surface area contributed by atoms with Gasteiger partial charge in [0, 0.05) is 17.6 Å². The number of aromatic nitrogens is 1. The Balaban J connectivity index is 2.31. The third kappa shape index (κ3) is 1.24. The summed E-state index contributed by atoms with van der Waals surface area (Å²) in [5.74, 6) is 0.995. The van der Waals surface area contributed by atoms with Gasteiger partial charge >= 0.3 is 0 Å². The van der Waals surface area contributed by atoms with Gasteiger partial charge in [0.25, 0.3) is 0 Å². The van der Waals surface area contributed by atoms with Crippen molar-refractivity contribution < 1.29 is 4.74 Å². The van der Waals surface area contributed by atoms with Crippen LogP contribution in [0.15, 0.2) is 24.3 Å². The van der Waals surface area contributed by atoms with Crippen LogP contribution in [0.3, 0.4) is 0 Å². The Morgan fingerprint density at radius 1 is 1.27 bits per heavy atom. The monoisotopic (exact) mass is 201 g/mol. The fourth-order valence-corrected chi connectivity index (χ4v) is 2.54. The van der Waals surface area contributed by atoms with Gasteiger partial charge in [0.15, 0.2) is 0 Å². The molecule has 1 aliphatic rings. The van der Waals surface area contributed by atoms with Gasteiger partial charge in [0.05, 0.1) is 12.6 Å². The number of hydrogen-bond acceptors (Lipinski definition) is 1. The second-order valence-corrected chi connectivity index (χ2v) is 4.14. The molecule has 0 radical (unpaired) electrons. The van der Waals surface area contributed by atoms with Gasteiger partial charge in [-0.3, -0.25) is 0 Å². The summed E-state index contributed by atoms with van der Waals surface area (Å²) in [7, 11) is 1.74. The maximum absolute atomic E-state index is 5.39. The number of benzene rings is 1. The molecule has 15 heavy (non-hydrogen) atoms. The SMILES string of the molecule is COc1cccc2c1cc1n2CCCC1. The van der Waals surface area contributed by atoms with Crippen molar-refractivity contribution in [1.82, 2.24) is 4.57 Å². The van der Waals surface area contributed by atoms with Gasteiger partial charge in [-0.2, -0.15) is 0 Å². The molecule has 2 heterocycles. The zero-order valence-electron chi connectivity index (χ0n) is 8.99. The number of rotatable bonds is 1. The largest absolute Gasteiger partial charge is 0.496 e. The molecule has 0 unspecified atom stereocenters. The first-order chi connectivity index (χ1) is 7.40. The Bertz CT molecular complexity index is 498. The summed E-state index contributed by atoms with van der Waals surface area (Å²) < 4.78 is 7.82. The number of methoxy groups -OCH3 is 1. The van der Waals surface area contributed by atoms with E-state index >= 15 is 0 Å². The quantitative estimate of drug-likeness (QED) is 0.691. The molecular formula is C13H15NO. The summed E-state index contributed by atoms with van der Waals surface area (Å²) in [4.78, 5) is 0. The molecule has 1 aromatic carbocycles. The number of hydrogen-bond donors (Lipinski definition) is 0. The molecule has 0 saturated carbocycles. The van der Waals surface area contributed by atoms with Crippen LogP contribution in [0.25, 0.3) is 10.9 Å². The van der Waals surface area contributed by atoms with Gasteiger partial charge in [-0.05, 0) is 37.5 Å². The van der Waals surface area contributed by atoms with Gasteiger partial charge in [0.1, 0.15) is 5.75 Å². The first-order valence-corrected chi connectivity index (χ1v) is 5.55. The smallest absolute Gasteiger partial charge is 0.128 e. The van der Waals surface area contributed by atoms with Crippen LogP contribution >= 0.6 is 0 Å². The molecule has 2 nitrogen and oxygen atoms in total. The van der Waals surface area contributed by atoms with E-state index in [0.717, 1.165) is 12.3 Å². The van der Waals surface area contributed by atoms with Gasteiger partial charge in [0.2, 0.25) is 0 Å². The summed E-state index contributed by atoms with van der Waals surface area (Å²) in [6, 6.07) is 8.58. The minimum Gasteiger partial charge on any atom is -0.496 e. The molecule has 0 atom stereocenters. The van der Waals surface area contributed by atoms with Crippen molar-refractivity contribution >= 4 is 10.9 Å². The van der Waals surface area contributed by atoms with Crippen LogP contribution in [0.4, 0.5) is 0 Å². The number of nitrogens with zero attached hydrogens (tertiary/aromatic N) is 1. The lowest BCUT2D eigenvalue weighted by molar-refractivity contribution is 0.420. The average Bonchev–Trinajstić information content (AvgIpc) is 2.67. The Morgan fingerprint density at radius 3 is 3.07 bits per heavy atom. The highest BCUT2D eigenvalue weighted by molar-refractivity contribution is 5.87. The second kappa shape index (κ2) is 3.30. The van der Waals surface area contributed by atoms with Crippen LogP contribution in [0.2, 0.25) is 0 Å². The van der Waals surface area contributed by atoms with Gasteiger partial charge < -0.3 is 9.30 Å². The summed E-state index contributed by atoms with van der Waals surface area (Å²) in [5.41, 5.74) is 2.78. The molecule has 3 rings (SSSR count). The molecule has 0 bridgehead atoms. The fraction of sp³-hybridized carbons (Fsp3) is 0.385. The van der Waals surface area contributed by atoms with E-state index in [1.807, 2.05) is 6.07 Å². The highest BCUT2D eigenvalue weighted by Gasteiger charge is 2.14. The summed E-state index contributed by atoms with van der Waals surface area (Å²) >= 11 is 0. The minimum absolute atomic E-state index is 0.995. The molecule has 0 saturated heterocycles. The Morgan fingerprint density at radius 2 is 2.20 bits per heavy atom. The number of aryl methyl sites for hydroxylation is 2. The maximum atomic E-state index is 5.39. The molecule has 2 aromatic rings. The molecule has 78 valence electrons. The molecule has 0 aliphatic carbocycles. The molecule has 0 fully saturated rings. The molecule has 1 aromatic heterocycles. The Kier molecular flexibility index (Phi) is 1.94. The lowest BCUT2D eigenvalue weighted by Crippen LogP contribution is -2.08. The molecule has 1 aliphatic heterocycles. The van der Waals surface area contributed by atoms with Crippen LogP contribution in [0.1, 0.15) is 18.5 Å². The predicted molar refractivity (Wildman–Crippen MR) is 61.4 cm³/mol. The van der Waals surface area contributed by atoms with Crippen LogP contribution in [0.5, 0.6) is 5.75 Å². The standard InChI is InChI=1S/C13H15NO/c1-15-13-7-4-6-12-11(13)9-10-5-2-3-8-14(10)12/h4,6-7,9H,2-3,5,8H2,1H3. The molecule has 2 heteroatoms. The van der Waals surface area contributed by atoms with E-state index in [0.29, 0.717) is 0 Å². The molecular weight excluding hydrogens is 186 g/mol. The lowest BCUT2D eigenvalue weighted by atomic mass is 10.1. The van der Waals surface area contributed by atoms with E-state index in [1.54, 1.807) is 7.11 Å². The van der Waals surface area contributed by atoms with Crippen LogP contribution in [0, 0.1) is 0 Å². The van der Waals surface area contributed by atoms with Crippen molar-refractivity contribution in [2.45, 2.75) is 25.8 Å². The molecule has 0 amide bonds. The summed E-state index contributed by atoms with van der Waals surface area (Å²) in [5, 5.41) is 1.26. The molecule has 0 spiro atoms. The van der Waals surface area contributed by atoms with Gasteiger partial charge in [-0.1, -0.05) is 6.07 Å². The van der Waals surface area contributed by atoms with Gasteiger partial charge in [-0.25, -0.2) is 0 Å². The fourth-order valence-electron chi connectivity index (χ4n) is 2.54. The Labute approximate surface area is 89.5 Å². The van der Waals surface area contributed by atoms with Gasteiger partial charge in [-0.15, -0.1) is 0 Å². The van der Waals surface area contributed by atoms with Crippen molar-refractivity contribution in [3.05, 3.63) is 30.0 Å². The van der Waals surface area contributed by atoms with E-state index in [1.165, 1.54) is 35.9 Å². The summed E-state index contributed by atoms with van der Waals surface area (Å²) in [6.07, 6.45) is 3.82. The number of fused-ring (bicyclic) bond motifs is 3. The first-order valence-electron chi connectivity index (χ1n) is 5.55. The third-order valence-corrected chi connectivity index (χ3v) is 3.28. The summed E-state index contributed by atoms with van der Waals surface area (Å²) in [6.45, 7) is 1.16. The van der Waals surface area contributed by atoms with E-state index in [-0.39, 0.29) is 0 Å². The predicted octanol–water partition coefficient (Wildman–Crippen LogP) is 2.99. The van der Waals surface area contributed by atoms with E-state index in [2.05, 4.69) is 22.8 Å². The van der Waals surface area contributed by atoms with Crippen molar-refractivity contribution in [3.63, 3.8) is 0 Å². The average molecular weight is 201 g/mol. The second-order valence-electron chi connectivity index (χ2n) is 4.14. The van der Waals surface area contributed by atoms with Crippen LogP contribution in [-0.2, 0) is 13.0 Å². The van der Waals surface area contributed by atoms with E-state index in [4.69, 9.17) is 4.74 Å². The minimum atomic E-state index is 0.995. The van der Waals surface area contributed by atoms with E-state index in [9.17, 15) is 0 Å². The first kappa shape index (κ1) is 8.84. The lowest BCUT2D eigenvalue weighted by Gasteiger charge is -2.15.